The molecule has 1 aromatic rings. The highest BCUT2D eigenvalue weighted by Gasteiger charge is 2.34. The zero-order valence-corrected chi connectivity index (χ0v) is 10.9. The molecule has 0 aromatic heterocycles. The second-order valence-corrected chi connectivity index (χ2v) is 4.67. The second kappa shape index (κ2) is 5.87. The molecule has 1 aromatic carbocycles. The Morgan fingerprint density at radius 1 is 1.39 bits per heavy atom. The molecule has 1 aliphatic carbocycles. The summed E-state index contributed by atoms with van der Waals surface area (Å²) in [6.45, 7) is 2.57. The molecule has 2 rings (SSSR count). The van der Waals surface area contributed by atoms with Crippen LogP contribution in [0.15, 0.2) is 24.3 Å². The van der Waals surface area contributed by atoms with Gasteiger partial charge in [0, 0.05) is 11.7 Å². The third kappa shape index (κ3) is 3.47. The third-order valence-electron chi connectivity index (χ3n) is 3.35. The zero-order chi connectivity index (χ0) is 13.0. The summed E-state index contributed by atoms with van der Waals surface area (Å²) in [4.78, 5) is 11.7. The molecule has 0 heterocycles. The SMILES string of the molecule is CCC1CC1NCC(=O)Nc1ccc(OC)cc1. The summed E-state index contributed by atoms with van der Waals surface area (Å²) in [6, 6.07) is 7.87. The number of ether oxygens (including phenoxy) is 1. The van der Waals surface area contributed by atoms with Gasteiger partial charge in [0.15, 0.2) is 0 Å². The topological polar surface area (TPSA) is 50.4 Å². The molecular weight excluding hydrogens is 228 g/mol. The van der Waals surface area contributed by atoms with Crippen molar-refractivity contribution >= 4 is 11.6 Å². The van der Waals surface area contributed by atoms with Gasteiger partial charge < -0.3 is 15.4 Å². The van der Waals surface area contributed by atoms with Crippen LogP contribution in [0.1, 0.15) is 19.8 Å². The summed E-state index contributed by atoms with van der Waals surface area (Å²) in [6.07, 6.45) is 2.39. The first-order chi connectivity index (χ1) is 8.72. The van der Waals surface area contributed by atoms with Crippen molar-refractivity contribution in [1.82, 2.24) is 5.32 Å². The van der Waals surface area contributed by atoms with Crippen LogP contribution in [-0.4, -0.2) is 25.6 Å². The highest BCUT2D eigenvalue weighted by atomic mass is 16.5. The van der Waals surface area contributed by atoms with Crippen molar-refractivity contribution in [3.05, 3.63) is 24.3 Å². The molecule has 18 heavy (non-hydrogen) atoms. The quantitative estimate of drug-likeness (QED) is 0.809. The van der Waals surface area contributed by atoms with Crippen molar-refractivity contribution in [2.45, 2.75) is 25.8 Å². The summed E-state index contributed by atoms with van der Waals surface area (Å²) in [5.74, 6) is 1.55. The number of hydrogen-bond donors (Lipinski definition) is 2. The monoisotopic (exact) mass is 248 g/mol. The van der Waals surface area contributed by atoms with E-state index in [1.54, 1.807) is 7.11 Å². The number of nitrogens with one attached hydrogen (secondary N) is 2. The Morgan fingerprint density at radius 3 is 2.67 bits per heavy atom. The molecule has 98 valence electrons. The van der Waals surface area contributed by atoms with Gasteiger partial charge in [-0.3, -0.25) is 4.79 Å². The molecule has 4 nitrogen and oxygen atoms in total. The first-order valence-corrected chi connectivity index (χ1v) is 6.40. The fourth-order valence-corrected chi connectivity index (χ4v) is 2.05. The van der Waals surface area contributed by atoms with Crippen LogP contribution in [0.25, 0.3) is 0 Å². The minimum absolute atomic E-state index is 0.00178. The number of methoxy groups -OCH3 is 1. The fraction of sp³-hybridized carbons (Fsp3) is 0.500. The first kappa shape index (κ1) is 12.9. The van der Waals surface area contributed by atoms with E-state index in [0.29, 0.717) is 12.6 Å². The standard InChI is InChI=1S/C14H20N2O2/c1-3-10-8-13(10)15-9-14(17)16-11-4-6-12(18-2)7-5-11/h4-7,10,13,15H,3,8-9H2,1-2H3,(H,16,17). The van der Waals surface area contributed by atoms with Crippen LogP contribution in [0.4, 0.5) is 5.69 Å². The molecular formula is C14H20N2O2. The minimum Gasteiger partial charge on any atom is -0.497 e. The summed E-state index contributed by atoms with van der Waals surface area (Å²) >= 11 is 0. The van der Waals surface area contributed by atoms with E-state index in [4.69, 9.17) is 4.74 Å². The van der Waals surface area contributed by atoms with Crippen molar-refractivity contribution in [2.75, 3.05) is 19.0 Å². The molecule has 0 bridgehead atoms. The second-order valence-electron chi connectivity index (χ2n) is 4.67. The molecule has 1 saturated carbocycles. The van der Waals surface area contributed by atoms with Crippen LogP contribution in [-0.2, 0) is 4.79 Å². The van der Waals surface area contributed by atoms with E-state index in [-0.39, 0.29) is 5.91 Å². The van der Waals surface area contributed by atoms with Crippen molar-refractivity contribution in [1.29, 1.82) is 0 Å². The van der Waals surface area contributed by atoms with Gasteiger partial charge in [-0.2, -0.15) is 0 Å². The summed E-state index contributed by atoms with van der Waals surface area (Å²) in [5, 5.41) is 6.12. The zero-order valence-electron chi connectivity index (χ0n) is 10.9. The summed E-state index contributed by atoms with van der Waals surface area (Å²) in [5.41, 5.74) is 0.797. The van der Waals surface area contributed by atoms with Crippen LogP contribution in [0.2, 0.25) is 0 Å². The Balaban J connectivity index is 1.73. The first-order valence-electron chi connectivity index (χ1n) is 6.40. The lowest BCUT2D eigenvalue weighted by atomic mass is 10.3. The highest BCUT2D eigenvalue weighted by molar-refractivity contribution is 5.92. The van der Waals surface area contributed by atoms with Crippen molar-refractivity contribution in [3.63, 3.8) is 0 Å². The molecule has 2 atom stereocenters. The van der Waals surface area contributed by atoms with Gasteiger partial charge >= 0.3 is 0 Å². The van der Waals surface area contributed by atoms with E-state index in [0.717, 1.165) is 17.4 Å². The van der Waals surface area contributed by atoms with E-state index in [1.807, 2.05) is 24.3 Å². The smallest absolute Gasteiger partial charge is 0.238 e. The van der Waals surface area contributed by atoms with Crippen molar-refractivity contribution in [2.24, 2.45) is 5.92 Å². The summed E-state index contributed by atoms with van der Waals surface area (Å²) < 4.78 is 5.06. The van der Waals surface area contributed by atoms with Crippen LogP contribution in [0, 0.1) is 5.92 Å². The molecule has 0 spiro atoms. The highest BCUT2D eigenvalue weighted by Crippen LogP contribution is 2.32. The van der Waals surface area contributed by atoms with Crippen molar-refractivity contribution in [3.8, 4) is 5.75 Å². The number of carbonyl (C=O) groups excluding carboxylic acids is 1. The maximum atomic E-state index is 11.7. The molecule has 4 heteroatoms. The molecule has 1 fully saturated rings. The molecule has 0 aliphatic heterocycles. The molecule has 2 unspecified atom stereocenters. The number of anilines is 1. The fourth-order valence-electron chi connectivity index (χ4n) is 2.05. The maximum Gasteiger partial charge on any atom is 0.238 e. The number of benzene rings is 1. The van der Waals surface area contributed by atoms with Gasteiger partial charge in [0.25, 0.3) is 0 Å². The van der Waals surface area contributed by atoms with Crippen LogP contribution in [0.3, 0.4) is 0 Å². The van der Waals surface area contributed by atoms with Crippen molar-refractivity contribution < 1.29 is 9.53 Å². The van der Waals surface area contributed by atoms with E-state index >= 15 is 0 Å². The average Bonchev–Trinajstić information content (AvgIpc) is 3.16. The Hall–Kier alpha value is -1.55. The Labute approximate surface area is 108 Å². The number of carbonyl (C=O) groups is 1. The number of amides is 1. The largest absolute Gasteiger partial charge is 0.497 e. The third-order valence-corrected chi connectivity index (χ3v) is 3.35. The van der Waals surface area contributed by atoms with Crippen LogP contribution < -0.4 is 15.4 Å². The Morgan fingerprint density at radius 2 is 2.11 bits per heavy atom. The maximum absolute atomic E-state index is 11.7. The molecule has 0 saturated heterocycles. The van der Waals surface area contributed by atoms with Gasteiger partial charge in [0.1, 0.15) is 5.75 Å². The Kier molecular flexibility index (Phi) is 4.20. The van der Waals surface area contributed by atoms with Gasteiger partial charge in [-0.15, -0.1) is 0 Å². The van der Waals surface area contributed by atoms with E-state index in [2.05, 4.69) is 17.6 Å². The molecule has 1 amide bonds. The normalized spacial score (nSPS) is 21.4. The number of hydrogen-bond acceptors (Lipinski definition) is 3. The van der Waals surface area contributed by atoms with Gasteiger partial charge in [0.2, 0.25) is 5.91 Å². The van der Waals surface area contributed by atoms with Gasteiger partial charge in [-0.25, -0.2) is 0 Å². The minimum atomic E-state index is 0.00178. The number of rotatable bonds is 6. The molecule has 0 radical (unpaired) electrons. The van der Waals surface area contributed by atoms with E-state index in [1.165, 1.54) is 12.8 Å². The Bertz CT molecular complexity index is 403. The van der Waals surface area contributed by atoms with Crippen LogP contribution in [0.5, 0.6) is 5.75 Å². The predicted molar refractivity (Wildman–Crippen MR) is 71.8 cm³/mol. The lowest BCUT2D eigenvalue weighted by Crippen LogP contribution is -2.30. The summed E-state index contributed by atoms with van der Waals surface area (Å²) in [7, 11) is 1.62. The van der Waals surface area contributed by atoms with Gasteiger partial charge in [-0.05, 0) is 36.6 Å². The lowest BCUT2D eigenvalue weighted by Gasteiger charge is -2.07. The lowest BCUT2D eigenvalue weighted by molar-refractivity contribution is -0.115. The molecule has 1 aliphatic rings. The van der Waals surface area contributed by atoms with Gasteiger partial charge in [0.05, 0.1) is 13.7 Å². The molecule has 2 N–H and O–H groups in total. The van der Waals surface area contributed by atoms with E-state index in [9.17, 15) is 4.79 Å². The average molecular weight is 248 g/mol. The predicted octanol–water partition coefficient (Wildman–Crippen LogP) is 2.02. The van der Waals surface area contributed by atoms with Gasteiger partial charge in [-0.1, -0.05) is 13.3 Å². The van der Waals surface area contributed by atoms with E-state index < -0.39 is 0 Å². The van der Waals surface area contributed by atoms with Crippen LogP contribution >= 0.6 is 0 Å².